The minimum atomic E-state index is 0.645. The molecule has 0 bridgehead atoms. The minimum Gasteiger partial charge on any atom is -0.379 e. The van der Waals surface area contributed by atoms with Crippen molar-refractivity contribution in [3.63, 3.8) is 0 Å². The maximum absolute atomic E-state index is 10.9. The fourth-order valence-electron chi connectivity index (χ4n) is 3.43. The Hall–Kier alpha value is -4.05. The van der Waals surface area contributed by atoms with Crippen LogP contribution in [0.1, 0.15) is 11.1 Å². The summed E-state index contributed by atoms with van der Waals surface area (Å²) in [5.74, 6) is 0. The summed E-state index contributed by atoms with van der Waals surface area (Å²) in [7, 11) is 0. The van der Waals surface area contributed by atoms with Crippen molar-refractivity contribution in [1.29, 1.82) is 0 Å². The van der Waals surface area contributed by atoms with E-state index in [1.807, 2.05) is 24.3 Å². The zero-order valence-electron chi connectivity index (χ0n) is 17.3. The molecule has 31 heavy (non-hydrogen) atoms. The lowest BCUT2D eigenvalue weighted by molar-refractivity contribution is -0.102. The number of carbonyl (C=O) groups is 1. The third-order valence-electron chi connectivity index (χ3n) is 5.08. The van der Waals surface area contributed by atoms with Crippen LogP contribution in [0.2, 0.25) is 0 Å². The number of benzene rings is 3. The Bertz CT molecular complexity index is 1200. The number of pyridine rings is 1. The maximum Gasteiger partial charge on any atom is 0.161 e. The number of hydrogen-bond donors (Lipinski definition) is 1. The van der Waals surface area contributed by atoms with E-state index in [-0.39, 0.29) is 0 Å². The molecule has 0 radical (unpaired) electrons. The number of aromatic nitrogens is 1. The molecule has 4 rings (SSSR count). The first-order chi connectivity index (χ1) is 15.2. The highest BCUT2D eigenvalue weighted by molar-refractivity contribution is 6.14. The molecule has 0 aliphatic heterocycles. The standard InChI is InChI=1S/C27H23N3O/c1-20-5-7-22(8-6-20)25-9-10-26(27(18-25)29-15-16-31)30-19-21-3-2-4-24(17-21)23-11-13-28-14-12-23/h2-18,30H,19H2,1H3. The molecule has 3 aromatic carbocycles. The third-order valence-corrected chi connectivity index (χ3v) is 5.08. The largest absolute Gasteiger partial charge is 0.379 e. The molecule has 0 saturated heterocycles. The summed E-state index contributed by atoms with van der Waals surface area (Å²) in [6, 6.07) is 26.9. The van der Waals surface area contributed by atoms with Crippen LogP contribution in [-0.2, 0) is 11.3 Å². The van der Waals surface area contributed by atoms with E-state index >= 15 is 0 Å². The number of aldehydes is 1. The molecule has 0 aliphatic carbocycles. The van der Waals surface area contributed by atoms with Gasteiger partial charge in [-0.15, -0.1) is 0 Å². The van der Waals surface area contributed by atoms with E-state index in [0.717, 1.165) is 39.2 Å². The highest BCUT2D eigenvalue weighted by Gasteiger charge is 2.06. The van der Waals surface area contributed by atoms with Gasteiger partial charge in [0.1, 0.15) is 0 Å². The van der Waals surface area contributed by atoms with Crippen LogP contribution in [0.4, 0.5) is 11.4 Å². The number of aliphatic imine (C=N–C) groups is 1. The summed E-state index contributed by atoms with van der Waals surface area (Å²) in [6.45, 7) is 2.71. The quantitative estimate of drug-likeness (QED) is 0.293. The summed E-state index contributed by atoms with van der Waals surface area (Å²) in [5.41, 5.74) is 8.44. The number of anilines is 1. The van der Waals surface area contributed by atoms with Crippen molar-refractivity contribution in [2.45, 2.75) is 13.5 Å². The third kappa shape index (κ3) is 5.11. The Kier molecular flexibility index (Phi) is 6.29. The molecule has 4 aromatic rings. The van der Waals surface area contributed by atoms with Gasteiger partial charge < -0.3 is 5.32 Å². The lowest BCUT2D eigenvalue weighted by Gasteiger charge is -2.12. The first-order valence-electron chi connectivity index (χ1n) is 10.1. The van der Waals surface area contributed by atoms with Crippen molar-refractivity contribution in [1.82, 2.24) is 4.98 Å². The van der Waals surface area contributed by atoms with E-state index in [0.29, 0.717) is 12.8 Å². The molecule has 0 amide bonds. The fourth-order valence-corrected chi connectivity index (χ4v) is 3.43. The van der Waals surface area contributed by atoms with Crippen LogP contribution < -0.4 is 5.32 Å². The topological polar surface area (TPSA) is 54.4 Å². The van der Waals surface area contributed by atoms with Crippen LogP contribution in [-0.4, -0.2) is 17.5 Å². The van der Waals surface area contributed by atoms with Crippen molar-refractivity contribution in [3.8, 4) is 22.3 Å². The molecule has 4 nitrogen and oxygen atoms in total. The zero-order chi connectivity index (χ0) is 21.5. The van der Waals surface area contributed by atoms with E-state index in [9.17, 15) is 4.79 Å². The van der Waals surface area contributed by atoms with Crippen LogP contribution >= 0.6 is 0 Å². The second-order valence-electron chi connectivity index (χ2n) is 7.30. The van der Waals surface area contributed by atoms with Crippen LogP contribution in [0, 0.1) is 6.92 Å². The van der Waals surface area contributed by atoms with Crippen molar-refractivity contribution >= 4 is 23.9 Å². The van der Waals surface area contributed by atoms with Gasteiger partial charge in [0.2, 0.25) is 0 Å². The Labute approximate surface area is 182 Å². The molecular formula is C27H23N3O. The predicted molar refractivity (Wildman–Crippen MR) is 128 cm³/mol. The number of nitrogens with zero attached hydrogens (tertiary/aromatic N) is 2. The van der Waals surface area contributed by atoms with Gasteiger partial charge in [0.25, 0.3) is 0 Å². The van der Waals surface area contributed by atoms with Gasteiger partial charge in [-0.2, -0.15) is 0 Å². The van der Waals surface area contributed by atoms with Crippen molar-refractivity contribution in [3.05, 3.63) is 102 Å². The molecule has 0 atom stereocenters. The van der Waals surface area contributed by atoms with E-state index in [1.54, 1.807) is 12.4 Å². The Morgan fingerprint density at radius 1 is 0.839 bits per heavy atom. The van der Waals surface area contributed by atoms with Crippen LogP contribution in [0.3, 0.4) is 0 Å². The minimum absolute atomic E-state index is 0.645. The number of carbonyl (C=O) groups excluding carboxylic acids is 1. The second-order valence-corrected chi connectivity index (χ2v) is 7.30. The molecule has 0 unspecified atom stereocenters. The van der Waals surface area contributed by atoms with Gasteiger partial charge in [0.15, 0.2) is 6.29 Å². The van der Waals surface area contributed by atoms with E-state index in [2.05, 4.69) is 76.8 Å². The van der Waals surface area contributed by atoms with Crippen LogP contribution in [0.25, 0.3) is 22.3 Å². The number of nitrogens with one attached hydrogen (secondary N) is 1. The summed E-state index contributed by atoms with van der Waals surface area (Å²) in [6.07, 6.45) is 5.57. The zero-order valence-corrected chi connectivity index (χ0v) is 17.3. The van der Waals surface area contributed by atoms with E-state index in [4.69, 9.17) is 0 Å². The van der Waals surface area contributed by atoms with Gasteiger partial charge in [0, 0.05) is 18.9 Å². The molecule has 0 saturated carbocycles. The summed E-state index contributed by atoms with van der Waals surface area (Å²) >= 11 is 0. The molecule has 1 heterocycles. The van der Waals surface area contributed by atoms with Crippen LogP contribution in [0.5, 0.6) is 0 Å². The molecule has 0 spiro atoms. The highest BCUT2D eigenvalue weighted by atomic mass is 16.1. The summed E-state index contributed by atoms with van der Waals surface area (Å²) in [5, 5.41) is 3.46. The number of hydrogen-bond acceptors (Lipinski definition) is 4. The van der Waals surface area contributed by atoms with E-state index in [1.165, 1.54) is 11.8 Å². The molecule has 152 valence electrons. The number of rotatable bonds is 7. The lowest BCUT2D eigenvalue weighted by atomic mass is 10.0. The molecule has 4 heteroatoms. The molecule has 0 aliphatic rings. The molecule has 1 aromatic heterocycles. The van der Waals surface area contributed by atoms with Gasteiger partial charge in [-0.25, -0.2) is 0 Å². The van der Waals surface area contributed by atoms with Gasteiger partial charge in [-0.05, 0) is 65.1 Å². The average Bonchev–Trinajstić information content (AvgIpc) is 2.83. The Balaban J connectivity index is 1.57. The maximum atomic E-state index is 10.9. The van der Waals surface area contributed by atoms with Gasteiger partial charge in [0.05, 0.1) is 17.6 Å². The first-order valence-corrected chi connectivity index (χ1v) is 10.1. The average molecular weight is 406 g/mol. The smallest absolute Gasteiger partial charge is 0.161 e. The molecular weight excluding hydrogens is 382 g/mol. The monoisotopic (exact) mass is 405 g/mol. The van der Waals surface area contributed by atoms with Gasteiger partial charge >= 0.3 is 0 Å². The van der Waals surface area contributed by atoms with Crippen LogP contribution in [0.15, 0.2) is 96.2 Å². The highest BCUT2D eigenvalue weighted by Crippen LogP contribution is 2.32. The van der Waals surface area contributed by atoms with E-state index < -0.39 is 0 Å². The second kappa shape index (κ2) is 9.63. The van der Waals surface area contributed by atoms with Gasteiger partial charge in [-0.3, -0.25) is 14.8 Å². The predicted octanol–water partition coefficient (Wildman–Crippen LogP) is 6.24. The Morgan fingerprint density at radius 2 is 1.55 bits per heavy atom. The lowest BCUT2D eigenvalue weighted by Crippen LogP contribution is -2.00. The first kappa shape index (κ1) is 20.2. The van der Waals surface area contributed by atoms with Crippen molar-refractivity contribution in [2.75, 3.05) is 5.32 Å². The molecule has 1 N–H and O–H groups in total. The van der Waals surface area contributed by atoms with Gasteiger partial charge in [-0.1, -0.05) is 54.1 Å². The number of aryl methyl sites for hydroxylation is 1. The summed E-state index contributed by atoms with van der Waals surface area (Å²) < 4.78 is 0. The SMILES string of the molecule is Cc1ccc(-c2ccc(NCc3cccc(-c4ccncc4)c3)c(N=CC=O)c2)cc1. The van der Waals surface area contributed by atoms with Crippen molar-refractivity contribution in [2.24, 2.45) is 4.99 Å². The van der Waals surface area contributed by atoms with Crippen molar-refractivity contribution < 1.29 is 4.79 Å². The Morgan fingerprint density at radius 3 is 2.32 bits per heavy atom. The summed E-state index contributed by atoms with van der Waals surface area (Å²) in [4.78, 5) is 19.3. The molecule has 0 fully saturated rings. The normalized spacial score (nSPS) is 10.9. The fraction of sp³-hybridized carbons (Fsp3) is 0.0741.